The third kappa shape index (κ3) is 5.52. The standard InChI is InChI=1S/C28H29F2NO4/c1-34-26-14-8-23(9-15-26)28(21-4-10-24(29)11-5-21,22-6-12-25(30)13-7-22)35-18-17-31-16-2-3-20(19-31)27(32)33/h4-15,20H,2-3,16-19H2,1H3,(H,32,33)/t20-/m0/s1. The predicted molar refractivity (Wildman–Crippen MR) is 128 cm³/mol. The molecule has 0 amide bonds. The fourth-order valence-corrected chi connectivity index (χ4v) is 4.73. The first-order valence-electron chi connectivity index (χ1n) is 11.7. The second-order valence-electron chi connectivity index (χ2n) is 8.75. The summed E-state index contributed by atoms with van der Waals surface area (Å²) in [6.07, 6.45) is 1.49. The third-order valence-corrected chi connectivity index (χ3v) is 6.58. The van der Waals surface area contributed by atoms with Crippen molar-refractivity contribution >= 4 is 5.97 Å². The molecule has 1 atom stereocenters. The number of hydrogen-bond acceptors (Lipinski definition) is 4. The average molecular weight is 482 g/mol. The van der Waals surface area contributed by atoms with E-state index in [-0.39, 0.29) is 24.2 Å². The van der Waals surface area contributed by atoms with Gasteiger partial charge in [0.2, 0.25) is 0 Å². The van der Waals surface area contributed by atoms with E-state index in [0.717, 1.165) is 18.5 Å². The van der Waals surface area contributed by atoms with Gasteiger partial charge in [0.1, 0.15) is 23.0 Å². The van der Waals surface area contributed by atoms with Crippen LogP contribution in [0.2, 0.25) is 0 Å². The largest absolute Gasteiger partial charge is 0.497 e. The van der Waals surface area contributed by atoms with E-state index in [1.54, 1.807) is 31.4 Å². The molecule has 3 aromatic carbocycles. The Bertz CT molecular complexity index is 1070. The maximum Gasteiger partial charge on any atom is 0.307 e. The number of aliphatic carboxylic acids is 1. The van der Waals surface area contributed by atoms with Crippen LogP contribution in [-0.4, -0.2) is 49.3 Å². The molecule has 35 heavy (non-hydrogen) atoms. The highest BCUT2D eigenvalue weighted by molar-refractivity contribution is 5.70. The number of benzene rings is 3. The summed E-state index contributed by atoms with van der Waals surface area (Å²) in [5.74, 6) is -1.23. The molecule has 3 aromatic rings. The highest BCUT2D eigenvalue weighted by atomic mass is 19.1. The van der Waals surface area contributed by atoms with Gasteiger partial charge in [-0.3, -0.25) is 4.79 Å². The Morgan fingerprint density at radius 3 is 1.94 bits per heavy atom. The minimum atomic E-state index is -1.14. The maximum absolute atomic E-state index is 13.9. The van der Waals surface area contributed by atoms with E-state index in [0.29, 0.717) is 36.4 Å². The second kappa shape index (κ2) is 11.0. The van der Waals surface area contributed by atoms with Gasteiger partial charge in [0.15, 0.2) is 0 Å². The Kier molecular flexibility index (Phi) is 7.78. The first kappa shape index (κ1) is 24.8. The van der Waals surface area contributed by atoms with Crippen LogP contribution in [0.5, 0.6) is 5.75 Å². The number of carboxylic acid groups (broad SMARTS) is 1. The Balaban J connectivity index is 1.72. The van der Waals surface area contributed by atoms with Gasteiger partial charge in [-0.05, 0) is 72.5 Å². The zero-order valence-corrected chi connectivity index (χ0v) is 19.6. The van der Waals surface area contributed by atoms with Crippen LogP contribution < -0.4 is 4.74 Å². The van der Waals surface area contributed by atoms with Crippen molar-refractivity contribution in [2.24, 2.45) is 5.92 Å². The van der Waals surface area contributed by atoms with Crippen molar-refractivity contribution in [3.8, 4) is 5.75 Å². The van der Waals surface area contributed by atoms with Gasteiger partial charge in [-0.25, -0.2) is 8.78 Å². The summed E-state index contributed by atoms with van der Waals surface area (Å²) in [5, 5.41) is 9.41. The van der Waals surface area contributed by atoms with E-state index in [9.17, 15) is 18.7 Å². The fraction of sp³-hybridized carbons (Fsp3) is 0.321. The molecule has 0 aromatic heterocycles. The average Bonchev–Trinajstić information content (AvgIpc) is 2.88. The number of hydrogen-bond donors (Lipinski definition) is 1. The first-order chi connectivity index (χ1) is 16.9. The predicted octanol–water partition coefficient (Wildman–Crippen LogP) is 5.08. The van der Waals surface area contributed by atoms with Crippen LogP contribution in [0.3, 0.4) is 0 Å². The minimum Gasteiger partial charge on any atom is -0.497 e. The Morgan fingerprint density at radius 2 is 1.46 bits per heavy atom. The van der Waals surface area contributed by atoms with Crippen LogP contribution in [0.15, 0.2) is 72.8 Å². The lowest BCUT2D eigenvalue weighted by Gasteiger charge is -2.37. The van der Waals surface area contributed by atoms with Crippen molar-refractivity contribution < 1.29 is 28.2 Å². The number of carbonyl (C=O) groups is 1. The molecule has 1 fully saturated rings. The van der Waals surface area contributed by atoms with Gasteiger partial charge in [-0.15, -0.1) is 0 Å². The van der Waals surface area contributed by atoms with Crippen LogP contribution >= 0.6 is 0 Å². The van der Waals surface area contributed by atoms with E-state index in [4.69, 9.17) is 9.47 Å². The molecule has 0 aliphatic carbocycles. The molecule has 184 valence electrons. The topological polar surface area (TPSA) is 59.0 Å². The lowest BCUT2D eigenvalue weighted by molar-refractivity contribution is -0.143. The van der Waals surface area contributed by atoms with Crippen LogP contribution in [-0.2, 0) is 15.1 Å². The number of likely N-dealkylation sites (tertiary alicyclic amines) is 1. The lowest BCUT2D eigenvalue weighted by atomic mass is 9.80. The van der Waals surface area contributed by atoms with E-state index < -0.39 is 11.6 Å². The van der Waals surface area contributed by atoms with E-state index in [1.165, 1.54) is 24.3 Å². The van der Waals surface area contributed by atoms with Gasteiger partial charge in [0.05, 0.1) is 19.6 Å². The molecule has 7 heteroatoms. The Morgan fingerprint density at radius 1 is 0.943 bits per heavy atom. The monoisotopic (exact) mass is 481 g/mol. The van der Waals surface area contributed by atoms with Crippen molar-refractivity contribution in [1.29, 1.82) is 0 Å². The molecule has 1 aliphatic rings. The Hall–Kier alpha value is -3.29. The molecule has 1 saturated heterocycles. The molecule has 0 spiro atoms. The molecule has 5 nitrogen and oxygen atoms in total. The molecule has 0 saturated carbocycles. The molecule has 4 rings (SSSR count). The molecule has 1 N–H and O–H groups in total. The normalized spacial score (nSPS) is 16.7. The van der Waals surface area contributed by atoms with Crippen LogP contribution in [0.25, 0.3) is 0 Å². The van der Waals surface area contributed by atoms with Crippen molar-refractivity contribution in [2.75, 3.05) is 33.4 Å². The van der Waals surface area contributed by atoms with Crippen molar-refractivity contribution in [1.82, 2.24) is 4.90 Å². The quantitative estimate of drug-likeness (QED) is 0.432. The molecule has 1 aliphatic heterocycles. The minimum absolute atomic E-state index is 0.285. The van der Waals surface area contributed by atoms with Crippen LogP contribution in [0, 0.1) is 17.6 Å². The second-order valence-corrected chi connectivity index (χ2v) is 8.75. The highest BCUT2D eigenvalue weighted by Gasteiger charge is 2.38. The highest BCUT2D eigenvalue weighted by Crippen LogP contribution is 2.41. The zero-order chi connectivity index (χ0) is 24.8. The summed E-state index contributed by atoms with van der Waals surface area (Å²) >= 11 is 0. The van der Waals surface area contributed by atoms with Gasteiger partial charge in [0.25, 0.3) is 0 Å². The summed E-state index contributed by atoms with van der Waals surface area (Å²) in [7, 11) is 1.59. The van der Waals surface area contributed by atoms with Gasteiger partial charge >= 0.3 is 5.97 Å². The van der Waals surface area contributed by atoms with E-state index in [2.05, 4.69) is 4.90 Å². The molecular weight excluding hydrogens is 452 g/mol. The maximum atomic E-state index is 13.9. The smallest absolute Gasteiger partial charge is 0.307 e. The van der Waals surface area contributed by atoms with Crippen molar-refractivity contribution in [2.45, 2.75) is 18.4 Å². The number of piperidine rings is 1. The van der Waals surface area contributed by atoms with Crippen LogP contribution in [0.1, 0.15) is 29.5 Å². The van der Waals surface area contributed by atoms with Gasteiger partial charge in [-0.2, -0.15) is 0 Å². The number of methoxy groups -OCH3 is 1. The number of rotatable bonds is 9. The SMILES string of the molecule is COc1ccc(C(OCCN2CCC[C@H](C(=O)O)C2)(c2ccc(F)cc2)c2ccc(F)cc2)cc1. The Labute approximate surface area is 203 Å². The van der Waals surface area contributed by atoms with E-state index >= 15 is 0 Å². The number of halogens is 2. The fourth-order valence-electron chi connectivity index (χ4n) is 4.73. The van der Waals surface area contributed by atoms with Gasteiger partial charge < -0.3 is 19.5 Å². The first-order valence-corrected chi connectivity index (χ1v) is 11.7. The van der Waals surface area contributed by atoms with Crippen molar-refractivity contribution in [3.05, 3.63) is 101 Å². The van der Waals surface area contributed by atoms with Crippen LogP contribution in [0.4, 0.5) is 8.78 Å². The lowest BCUT2D eigenvalue weighted by Crippen LogP contribution is -2.42. The van der Waals surface area contributed by atoms with Crippen molar-refractivity contribution in [3.63, 3.8) is 0 Å². The number of nitrogens with zero attached hydrogens (tertiary/aromatic N) is 1. The molecule has 1 heterocycles. The summed E-state index contributed by atoms with van der Waals surface area (Å²) in [6.45, 7) is 2.09. The number of ether oxygens (including phenoxy) is 2. The summed E-state index contributed by atoms with van der Waals surface area (Å²) < 4.78 is 39.7. The van der Waals surface area contributed by atoms with E-state index in [1.807, 2.05) is 24.3 Å². The third-order valence-electron chi connectivity index (χ3n) is 6.58. The molecular formula is C28H29F2NO4. The van der Waals surface area contributed by atoms with Gasteiger partial charge in [0, 0.05) is 13.1 Å². The zero-order valence-electron chi connectivity index (χ0n) is 19.6. The summed E-state index contributed by atoms with van der Waals surface area (Å²) in [5.41, 5.74) is 1.02. The summed E-state index contributed by atoms with van der Waals surface area (Å²) in [4.78, 5) is 13.6. The van der Waals surface area contributed by atoms with Gasteiger partial charge in [-0.1, -0.05) is 36.4 Å². The molecule has 0 radical (unpaired) electrons. The molecule has 0 unspecified atom stereocenters. The summed E-state index contributed by atoms with van der Waals surface area (Å²) in [6, 6.07) is 19.6. The molecule has 0 bridgehead atoms. The number of carboxylic acids is 1.